The molecule has 0 spiro atoms. The largest absolute Gasteiger partial charge is 0.494 e. The molecule has 20 heavy (non-hydrogen) atoms. The minimum absolute atomic E-state index is 0.227. The standard InChI is InChI=1S/C14H15N3O3/c1-19-10-7-15-14(16-8-10)17-13(18)12-6-9-4-2-3-5-11(9)20-12/h6-8H,2-5H2,1H3,(H,15,16,17,18). The van der Waals surface area contributed by atoms with Crippen molar-refractivity contribution in [2.45, 2.75) is 25.7 Å². The second kappa shape index (κ2) is 5.32. The maximum absolute atomic E-state index is 12.1. The number of carbonyl (C=O) groups excluding carboxylic acids is 1. The van der Waals surface area contributed by atoms with Crippen molar-refractivity contribution in [2.24, 2.45) is 0 Å². The number of rotatable bonds is 3. The highest BCUT2D eigenvalue weighted by molar-refractivity contribution is 6.01. The lowest BCUT2D eigenvalue weighted by molar-refractivity contribution is 0.0994. The number of furan rings is 1. The van der Waals surface area contributed by atoms with Crippen molar-refractivity contribution >= 4 is 11.9 Å². The van der Waals surface area contributed by atoms with E-state index in [1.807, 2.05) is 6.07 Å². The Morgan fingerprint density at radius 1 is 1.30 bits per heavy atom. The molecule has 0 aliphatic heterocycles. The summed E-state index contributed by atoms with van der Waals surface area (Å²) in [6.45, 7) is 0. The molecule has 0 saturated heterocycles. The number of anilines is 1. The molecule has 3 rings (SSSR count). The third kappa shape index (κ3) is 2.49. The molecule has 2 heterocycles. The lowest BCUT2D eigenvalue weighted by Crippen LogP contribution is -2.13. The predicted octanol–water partition coefficient (Wildman–Crippen LogP) is 2.21. The van der Waals surface area contributed by atoms with Gasteiger partial charge in [-0.2, -0.15) is 0 Å². The fraction of sp³-hybridized carbons (Fsp3) is 0.357. The average Bonchev–Trinajstić information content (AvgIpc) is 2.92. The van der Waals surface area contributed by atoms with Gasteiger partial charge in [0.1, 0.15) is 5.76 Å². The zero-order valence-electron chi connectivity index (χ0n) is 11.2. The minimum Gasteiger partial charge on any atom is -0.494 e. The van der Waals surface area contributed by atoms with Crippen molar-refractivity contribution in [3.63, 3.8) is 0 Å². The van der Waals surface area contributed by atoms with Crippen LogP contribution in [0.3, 0.4) is 0 Å². The van der Waals surface area contributed by atoms with Crippen molar-refractivity contribution in [3.8, 4) is 5.75 Å². The second-order valence-electron chi connectivity index (χ2n) is 4.67. The van der Waals surface area contributed by atoms with Gasteiger partial charge in [-0.1, -0.05) is 0 Å². The van der Waals surface area contributed by atoms with Crippen LogP contribution in [0.15, 0.2) is 22.9 Å². The van der Waals surface area contributed by atoms with Gasteiger partial charge in [-0.15, -0.1) is 0 Å². The Morgan fingerprint density at radius 2 is 2.05 bits per heavy atom. The smallest absolute Gasteiger partial charge is 0.293 e. The van der Waals surface area contributed by atoms with Crippen LogP contribution >= 0.6 is 0 Å². The molecule has 6 nitrogen and oxygen atoms in total. The number of aromatic nitrogens is 2. The number of amides is 1. The summed E-state index contributed by atoms with van der Waals surface area (Å²) in [5.41, 5.74) is 1.14. The molecule has 1 aliphatic carbocycles. The summed E-state index contributed by atoms with van der Waals surface area (Å²) in [5.74, 6) is 1.68. The number of aryl methyl sites for hydroxylation is 2. The maximum Gasteiger partial charge on any atom is 0.293 e. The van der Waals surface area contributed by atoms with Crippen LogP contribution in [0.2, 0.25) is 0 Å². The van der Waals surface area contributed by atoms with Gasteiger partial charge in [0.25, 0.3) is 5.91 Å². The van der Waals surface area contributed by atoms with Gasteiger partial charge >= 0.3 is 0 Å². The molecule has 104 valence electrons. The molecule has 6 heteroatoms. The van der Waals surface area contributed by atoms with Crippen LogP contribution in [-0.4, -0.2) is 23.0 Å². The zero-order chi connectivity index (χ0) is 13.9. The first-order valence-electron chi connectivity index (χ1n) is 6.55. The van der Waals surface area contributed by atoms with Gasteiger partial charge in [0.2, 0.25) is 5.95 Å². The van der Waals surface area contributed by atoms with Gasteiger partial charge in [-0.05, 0) is 30.9 Å². The Hall–Kier alpha value is -2.37. The fourth-order valence-corrected chi connectivity index (χ4v) is 2.25. The molecule has 1 aliphatic rings. The zero-order valence-corrected chi connectivity index (χ0v) is 11.2. The van der Waals surface area contributed by atoms with Crippen LogP contribution < -0.4 is 10.1 Å². The van der Waals surface area contributed by atoms with Crippen molar-refractivity contribution < 1.29 is 13.9 Å². The normalized spacial score (nSPS) is 13.7. The van der Waals surface area contributed by atoms with Crippen molar-refractivity contribution in [1.29, 1.82) is 0 Å². The first kappa shape index (κ1) is 12.7. The summed E-state index contributed by atoms with van der Waals surface area (Å²) in [6, 6.07) is 1.81. The predicted molar refractivity (Wildman–Crippen MR) is 71.9 cm³/mol. The van der Waals surface area contributed by atoms with Crippen LogP contribution in [-0.2, 0) is 12.8 Å². The summed E-state index contributed by atoms with van der Waals surface area (Å²) in [4.78, 5) is 20.0. The lowest BCUT2D eigenvalue weighted by Gasteiger charge is -2.07. The lowest BCUT2D eigenvalue weighted by atomic mass is 9.99. The maximum atomic E-state index is 12.1. The highest BCUT2D eigenvalue weighted by Gasteiger charge is 2.19. The van der Waals surface area contributed by atoms with Gasteiger partial charge in [0.15, 0.2) is 11.5 Å². The number of hydrogen-bond donors (Lipinski definition) is 1. The Balaban J connectivity index is 1.73. The molecule has 0 fully saturated rings. The fourth-order valence-electron chi connectivity index (χ4n) is 2.25. The van der Waals surface area contributed by atoms with E-state index in [0.29, 0.717) is 11.5 Å². The molecular formula is C14H15N3O3. The van der Waals surface area contributed by atoms with Crippen LogP contribution in [0, 0.1) is 0 Å². The van der Waals surface area contributed by atoms with Crippen molar-refractivity contribution in [1.82, 2.24) is 9.97 Å². The van der Waals surface area contributed by atoms with E-state index in [1.54, 1.807) is 0 Å². The van der Waals surface area contributed by atoms with E-state index >= 15 is 0 Å². The Morgan fingerprint density at radius 3 is 2.75 bits per heavy atom. The summed E-state index contributed by atoms with van der Waals surface area (Å²) < 4.78 is 10.6. The van der Waals surface area contributed by atoms with Gasteiger partial charge in [0.05, 0.1) is 19.5 Å². The van der Waals surface area contributed by atoms with Crippen molar-refractivity contribution in [3.05, 3.63) is 35.5 Å². The van der Waals surface area contributed by atoms with E-state index in [2.05, 4.69) is 15.3 Å². The summed E-state index contributed by atoms with van der Waals surface area (Å²) in [7, 11) is 1.53. The number of carbonyl (C=O) groups is 1. The monoisotopic (exact) mass is 273 g/mol. The number of fused-ring (bicyclic) bond motifs is 1. The SMILES string of the molecule is COc1cnc(NC(=O)c2cc3c(o2)CCCC3)nc1. The van der Waals surface area contributed by atoms with Gasteiger partial charge in [-0.3, -0.25) is 10.1 Å². The van der Waals surface area contributed by atoms with Gasteiger partial charge < -0.3 is 9.15 Å². The number of nitrogens with one attached hydrogen (secondary N) is 1. The highest BCUT2D eigenvalue weighted by Crippen LogP contribution is 2.25. The summed E-state index contributed by atoms with van der Waals surface area (Å²) in [6.07, 6.45) is 7.14. The Kier molecular flexibility index (Phi) is 3.37. The van der Waals surface area contributed by atoms with Crippen LogP contribution in [0.25, 0.3) is 0 Å². The third-order valence-corrected chi connectivity index (χ3v) is 3.31. The molecule has 0 atom stereocenters. The number of hydrogen-bond acceptors (Lipinski definition) is 5. The first-order valence-corrected chi connectivity index (χ1v) is 6.55. The number of nitrogens with zero attached hydrogens (tertiary/aromatic N) is 2. The van der Waals surface area contributed by atoms with E-state index in [9.17, 15) is 4.79 Å². The molecule has 1 N–H and O–H groups in total. The average molecular weight is 273 g/mol. The second-order valence-corrected chi connectivity index (χ2v) is 4.67. The third-order valence-electron chi connectivity index (χ3n) is 3.31. The topological polar surface area (TPSA) is 77.2 Å². The number of ether oxygens (including phenoxy) is 1. The molecule has 0 unspecified atom stereocenters. The quantitative estimate of drug-likeness (QED) is 0.927. The van der Waals surface area contributed by atoms with Crippen LogP contribution in [0.5, 0.6) is 5.75 Å². The van der Waals surface area contributed by atoms with E-state index in [1.165, 1.54) is 19.5 Å². The molecule has 0 aromatic carbocycles. The Labute approximate surface area is 116 Å². The van der Waals surface area contributed by atoms with Gasteiger partial charge in [0, 0.05) is 6.42 Å². The van der Waals surface area contributed by atoms with E-state index < -0.39 is 0 Å². The van der Waals surface area contributed by atoms with Crippen molar-refractivity contribution in [2.75, 3.05) is 12.4 Å². The van der Waals surface area contributed by atoms with Crippen LogP contribution in [0.1, 0.15) is 34.7 Å². The summed E-state index contributed by atoms with van der Waals surface area (Å²) in [5, 5.41) is 2.61. The Bertz CT molecular complexity index is 596. The van der Waals surface area contributed by atoms with Gasteiger partial charge in [-0.25, -0.2) is 9.97 Å². The number of methoxy groups -OCH3 is 1. The molecule has 0 saturated carbocycles. The van der Waals surface area contributed by atoms with E-state index in [0.717, 1.165) is 37.0 Å². The molecule has 2 aromatic rings. The van der Waals surface area contributed by atoms with E-state index in [-0.39, 0.29) is 11.9 Å². The molecular weight excluding hydrogens is 258 g/mol. The molecule has 2 aromatic heterocycles. The van der Waals surface area contributed by atoms with E-state index in [4.69, 9.17) is 9.15 Å². The molecule has 1 amide bonds. The molecule has 0 radical (unpaired) electrons. The first-order chi connectivity index (χ1) is 9.76. The van der Waals surface area contributed by atoms with Crippen LogP contribution in [0.4, 0.5) is 5.95 Å². The minimum atomic E-state index is -0.329. The highest BCUT2D eigenvalue weighted by atomic mass is 16.5. The molecule has 0 bridgehead atoms. The summed E-state index contributed by atoms with van der Waals surface area (Å²) >= 11 is 0.